The third-order valence-electron chi connectivity index (χ3n) is 2.89. The van der Waals surface area contributed by atoms with Crippen LogP contribution in [0, 0.1) is 5.92 Å². The van der Waals surface area contributed by atoms with Gasteiger partial charge in [0.1, 0.15) is 0 Å². The lowest BCUT2D eigenvalue weighted by Crippen LogP contribution is -2.41. The highest BCUT2D eigenvalue weighted by Crippen LogP contribution is 2.42. The van der Waals surface area contributed by atoms with Crippen molar-refractivity contribution in [2.45, 2.75) is 18.4 Å². The van der Waals surface area contributed by atoms with Crippen LogP contribution in [0.15, 0.2) is 30.3 Å². The van der Waals surface area contributed by atoms with Crippen LogP contribution >= 0.6 is 0 Å². The lowest BCUT2D eigenvalue weighted by Gasteiger charge is -2.41. The quantitative estimate of drug-likeness (QED) is 0.713. The van der Waals surface area contributed by atoms with Gasteiger partial charge in [-0.2, -0.15) is 0 Å². The lowest BCUT2D eigenvalue weighted by molar-refractivity contribution is -0.0139. The Labute approximate surface area is 77.8 Å². The molecule has 2 nitrogen and oxygen atoms in total. The molecule has 0 spiro atoms. The number of rotatable bonds is 2. The van der Waals surface area contributed by atoms with Crippen LogP contribution in [0.3, 0.4) is 0 Å². The first kappa shape index (κ1) is 8.73. The average Bonchev–Trinajstić information content (AvgIpc) is 2.15. The van der Waals surface area contributed by atoms with E-state index in [0.717, 1.165) is 12.0 Å². The van der Waals surface area contributed by atoms with Crippen LogP contribution in [0.1, 0.15) is 17.9 Å². The van der Waals surface area contributed by atoms with E-state index in [-0.39, 0.29) is 24.5 Å². The van der Waals surface area contributed by atoms with E-state index in [1.54, 1.807) is 0 Å². The summed E-state index contributed by atoms with van der Waals surface area (Å²) >= 11 is 0. The Kier molecular flexibility index (Phi) is 2.34. The summed E-state index contributed by atoms with van der Waals surface area (Å²) in [6, 6.07) is 9.91. The third kappa shape index (κ3) is 1.47. The predicted molar refractivity (Wildman–Crippen MR) is 50.4 cm³/mol. The Morgan fingerprint density at radius 3 is 2.46 bits per heavy atom. The standard InChI is InChI=1S/C11H14O2/c12-7-9-6-10(13)11(9)8-4-2-1-3-5-8/h1-5,9-13H,6-7H2. The zero-order chi connectivity index (χ0) is 9.26. The van der Waals surface area contributed by atoms with Gasteiger partial charge < -0.3 is 10.2 Å². The van der Waals surface area contributed by atoms with Gasteiger partial charge in [0.05, 0.1) is 6.10 Å². The number of hydrogen-bond acceptors (Lipinski definition) is 2. The molecule has 2 heteroatoms. The first-order valence-electron chi connectivity index (χ1n) is 4.67. The normalized spacial score (nSPS) is 32.6. The molecular formula is C11H14O2. The van der Waals surface area contributed by atoms with E-state index in [2.05, 4.69) is 0 Å². The molecular weight excluding hydrogens is 164 g/mol. The molecule has 3 unspecified atom stereocenters. The molecule has 0 amide bonds. The monoisotopic (exact) mass is 178 g/mol. The molecule has 1 fully saturated rings. The maximum Gasteiger partial charge on any atom is 0.0616 e. The number of aliphatic hydroxyl groups excluding tert-OH is 2. The summed E-state index contributed by atoms with van der Waals surface area (Å²) in [4.78, 5) is 0. The van der Waals surface area contributed by atoms with Crippen LogP contribution in [-0.2, 0) is 0 Å². The molecule has 0 heterocycles. The molecule has 2 rings (SSSR count). The van der Waals surface area contributed by atoms with E-state index in [1.807, 2.05) is 30.3 Å². The molecule has 1 aromatic carbocycles. The molecule has 1 aliphatic rings. The molecule has 70 valence electrons. The summed E-state index contributed by atoms with van der Waals surface area (Å²) in [5.41, 5.74) is 1.14. The molecule has 0 bridgehead atoms. The van der Waals surface area contributed by atoms with Gasteiger partial charge in [0.15, 0.2) is 0 Å². The van der Waals surface area contributed by atoms with Gasteiger partial charge in [-0.1, -0.05) is 30.3 Å². The van der Waals surface area contributed by atoms with Crippen molar-refractivity contribution in [2.75, 3.05) is 6.61 Å². The maximum atomic E-state index is 9.55. The van der Waals surface area contributed by atoms with Gasteiger partial charge in [0.2, 0.25) is 0 Å². The van der Waals surface area contributed by atoms with E-state index < -0.39 is 0 Å². The second-order valence-corrected chi connectivity index (χ2v) is 3.68. The molecule has 2 N–H and O–H groups in total. The fourth-order valence-electron chi connectivity index (χ4n) is 2.08. The van der Waals surface area contributed by atoms with E-state index in [9.17, 15) is 5.11 Å². The van der Waals surface area contributed by atoms with E-state index >= 15 is 0 Å². The zero-order valence-corrected chi connectivity index (χ0v) is 7.43. The molecule has 1 saturated carbocycles. The van der Waals surface area contributed by atoms with Crippen molar-refractivity contribution in [2.24, 2.45) is 5.92 Å². The SMILES string of the molecule is OCC1CC(O)C1c1ccccc1. The predicted octanol–water partition coefficient (Wildman–Crippen LogP) is 1.14. The van der Waals surface area contributed by atoms with Crippen LogP contribution < -0.4 is 0 Å². The van der Waals surface area contributed by atoms with Crippen molar-refractivity contribution in [3.05, 3.63) is 35.9 Å². The van der Waals surface area contributed by atoms with Crippen LogP contribution in [0.5, 0.6) is 0 Å². The van der Waals surface area contributed by atoms with E-state index in [1.165, 1.54) is 0 Å². The summed E-state index contributed by atoms with van der Waals surface area (Å²) in [6.45, 7) is 0.177. The second-order valence-electron chi connectivity index (χ2n) is 3.68. The van der Waals surface area contributed by atoms with Crippen LogP contribution in [0.25, 0.3) is 0 Å². The first-order valence-corrected chi connectivity index (χ1v) is 4.67. The molecule has 0 aromatic heterocycles. The van der Waals surface area contributed by atoms with Crippen LogP contribution in [-0.4, -0.2) is 22.9 Å². The Morgan fingerprint density at radius 1 is 1.23 bits per heavy atom. The van der Waals surface area contributed by atoms with Crippen molar-refractivity contribution in [3.8, 4) is 0 Å². The summed E-state index contributed by atoms with van der Waals surface area (Å²) in [7, 11) is 0. The highest BCUT2D eigenvalue weighted by Gasteiger charge is 2.39. The largest absolute Gasteiger partial charge is 0.396 e. The van der Waals surface area contributed by atoms with Crippen molar-refractivity contribution in [3.63, 3.8) is 0 Å². The number of benzene rings is 1. The van der Waals surface area contributed by atoms with Gasteiger partial charge in [0.25, 0.3) is 0 Å². The van der Waals surface area contributed by atoms with Gasteiger partial charge in [-0.05, 0) is 17.9 Å². The Hall–Kier alpha value is -0.860. The minimum Gasteiger partial charge on any atom is -0.396 e. The fraction of sp³-hybridized carbons (Fsp3) is 0.455. The Bertz CT molecular complexity index is 271. The van der Waals surface area contributed by atoms with Gasteiger partial charge in [-0.25, -0.2) is 0 Å². The smallest absolute Gasteiger partial charge is 0.0616 e. The summed E-state index contributed by atoms with van der Waals surface area (Å²) < 4.78 is 0. The van der Waals surface area contributed by atoms with Crippen LogP contribution in [0.4, 0.5) is 0 Å². The lowest BCUT2D eigenvalue weighted by atomic mass is 9.68. The topological polar surface area (TPSA) is 40.5 Å². The molecule has 1 aliphatic carbocycles. The van der Waals surface area contributed by atoms with Gasteiger partial charge in [-0.3, -0.25) is 0 Å². The maximum absolute atomic E-state index is 9.55. The average molecular weight is 178 g/mol. The van der Waals surface area contributed by atoms with Crippen LogP contribution in [0.2, 0.25) is 0 Å². The fourth-order valence-corrected chi connectivity index (χ4v) is 2.08. The van der Waals surface area contributed by atoms with Crippen molar-refractivity contribution >= 4 is 0 Å². The second kappa shape index (κ2) is 3.48. The van der Waals surface area contributed by atoms with Gasteiger partial charge in [-0.15, -0.1) is 0 Å². The third-order valence-corrected chi connectivity index (χ3v) is 2.89. The highest BCUT2D eigenvalue weighted by molar-refractivity contribution is 5.24. The molecule has 3 atom stereocenters. The molecule has 13 heavy (non-hydrogen) atoms. The summed E-state index contributed by atoms with van der Waals surface area (Å²) in [5, 5.41) is 18.6. The summed E-state index contributed by atoms with van der Waals surface area (Å²) in [5.74, 6) is 0.392. The van der Waals surface area contributed by atoms with Crippen molar-refractivity contribution < 1.29 is 10.2 Å². The van der Waals surface area contributed by atoms with E-state index in [0.29, 0.717) is 0 Å². The molecule has 0 radical (unpaired) electrons. The minimum absolute atomic E-state index is 0.145. The molecule has 0 saturated heterocycles. The zero-order valence-electron chi connectivity index (χ0n) is 7.43. The molecule has 0 aliphatic heterocycles. The van der Waals surface area contributed by atoms with E-state index in [4.69, 9.17) is 5.11 Å². The highest BCUT2D eigenvalue weighted by atomic mass is 16.3. The number of hydrogen-bond donors (Lipinski definition) is 2. The first-order chi connectivity index (χ1) is 6.33. The summed E-state index contributed by atoms with van der Waals surface area (Å²) in [6.07, 6.45) is 0.468. The van der Waals surface area contributed by atoms with Crippen molar-refractivity contribution in [1.29, 1.82) is 0 Å². The Morgan fingerprint density at radius 2 is 1.92 bits per heavy atom. The minimum atomic E-state index is -0.264. The number of aliphatic hydroxyl groups is 2. The van der Waals surface area contributed by atoms with Gasteiger partial charge in [0, 0.05) is 12.5 Å². The van der Waals surface area contributed by atoms with Crippen molar-refractivity contribution in [1.82, 2.24) is 0 Å². The molecule has 1 aromatic rings. The van der Waals surface area contributed by atoms with Gasteiger partial charge >= 0.3 is 0 Å². The Balaban J connectivity index is 2.16.